The van der Waals surface area contributed by atoms with Gasteiger partial charge < -0.3 is 10.2 Å². The average molecular weight is 340 g/mol. The van der Waals surface area contributed by atoms with Crippen molar-refractivity contribution in [3.63, 3.8) is 0 Å². The first-order valence-corrected chi connectivity index (χ1v) is 8.77. The first kappa shape index (κ1) is 17.2. The van der Waals surface area contributed by atoms with Crippen molar-refractivity contribution in [1.29, 1.82) is 0 Å². The fourth-order valence-corrected chi connectivity index (χ4v) is 3.26. The molecule has 0 radical (unpaired) electrons. The number of aryl methyl sites for hydroxylation is 2. The van der Waals surface area contributed by atoms with Gasteiger partial charge in [0.15, 0.2) is 0 Å². The summed E-state index contributed by atoms with van der Waals surface area (Å²) in [5.74, 6) is -0.545. The normalized spacial score (nSPS) is 16.0. The zero-order valence-electron chi connectivity index (χ0n) is 15.0. The predicted octanol–water partition coefficient (Wildman–Crippen LogP) is 2.91. The van der Waals surface area contributed by atoms with Gasteiger partial charge in [-0.05, 0) is 38.3 Å². The molecule has 2 amide bonds. The highest BCUT2D eigenvalue weighted by Gasteiger charge is 2.34. The number of carbonyl (C=O) groups is 2. The Labute approximate surface area is 147 Å². The maximum absolute atomic E-state index is 12.8. The highest BCUT2D eigenvalue weighted by molar-refractivity contribution is 6.44. The maximum Gasteiger partial charge on any atom is 0.316 e. The molecule has 0 saturated carbocycles. The largest absolute Gasteiger partial charge is 0.316 e. The van der Waals surface area contributed by atoms with Crippen LogP contribution in [0.1, 0.15) is 37.8 Å². The number of unbranched alkanes of at least 4 members (excludes halogenated alkanes) is 1. The lowest BCUT2D eigenvalue weighted by atomic mass is 10.1. The van der Waals surface area contributed by atoms with Gasteiger partial charge in [0, 0.05) is 23.8 Å². The minimum Gasteiger partial charge on any atom is -0.302 e. The number of benzene rings is 1. The molecule has 3 rings (SSSR count). The molecule has 0 fully saturated rings. The first-order valence-electron chi connectivity index (χ1n) is 8.77. The highest BCUT2D eigenvalue weighted by atomic mass is 16.2. The Balaban J connectivity index is 1.78. The Morgan fingerprint density at radius 1 is 1.32 bits per heavy atom. The SMILES string of the molecule is CCCCn1ncc(C)c1NC(=O)C(=O)N1c2ccccc2C[C@H]1C. The molecular weight excluding hydrogens is 316 g/mol. The van der Waals surface area contributed by atoms with Crippen molar-refractivity contribution >= 4 is 23.3 Å². The van der Waals surface area contributed by atoms with Crippen LogP contribution < -0.4 is 10.2 Å². The second-order valence-electron chi connectivity index (χ2n) is 6.56. The van der Waals surface area contributed by atoms with E-state index < -0.39 is 11.8 Å². The van der Waals surface area contributed by atoms with Crippen molar-refractivity contribution < 1.29 is 9.59 Å². The molecule has 25 heavy (non-hydrogen) atoms. The van der Waals surface area contributed by atoms with Gasteiger partial charge in [-0.1, -0.05) is 31.5 Å². The van der Waals surface area contributed by atoms with Crippen LogP contribution in [0.2, 0.25) is 0 Å². The summed E-state index contributed by atoms with van der Waals surface area (Å²) >= 11 is 0. The fourth-order valence-electron chi connectivity index (χ4n) is 3.26. The topological polar surface area (TPSA) is 67.2 Å². The van der Waals surface area contributed by atoms with Gasteiger partial charge in [-0.3, -0.25) is 9.59 Å². The number of nitrogens with zero attached hydrogens (tertiary/aromatic N) is 3. The Morgan fingerprint density at radius 2 is 2.08 bits per heavy atom. The van der Waals surface area contributed by atoms with E-state index in [-0.39, 0.29) is 6.04 Å². The molecule has 1 aromatic carbocycles. The molecule has 0 aliphatic carbocycles. The summed E-state index contributed by atoms with van der Waals surface area (Å²) in [6, 6.07) is 7.71. The Morgan fingerprint density at radius 3 is 2.84 bits per heavy atom. The summed E-state index contributed by atoms with van der Waals surface area (Å²) in [4.78, 5) is 26.9. The smallest absolute Gasteiger partial charge is 0.302 e. The van der Waals surface area contributed by atoms with E-state index in [4.69, 9.17) is 0 Å². The minimum atomic E-state index is -0.620. The Hall–Kier alpha value is -2.63. The second-order valence-corrected chi connectivity index (χ2v) is 6.56. The summed E-state index contributed by atoms with van der Waals surface area (Å²) in [5.41, 5.74) is 2.78. The lowest BCUT2D eigenvalue weighted by Gasteiger charge is -2.22. The average Bonchev–Trinajstić information content (AvgIpc) is 3.12. The highest BCUT2D eigenvalue weighted by Crippen LogP contribution is 2.32. The van der Waals surface area contributed by atoms with Crippen molar-refractivity contribution in [1.82, 2.24) is 9.78 Å². The number of rotatable bonds is 4. The summed E-state index contributed by atoms with van der Waals surface area (Å²) in [5, 5.41) is 7.06. The van der Waals surface area contributed by atoms with Crippen LogP contribution >= 0.6 is 0 Å². The van der Waals surface area contributed by atoms with Crippen LogP contribution in [0.3, 0.4) is 0 Å². The Kier molecular flexibility index (Phi) is 4.88. The molecule has 0 bridgehead atoms. The molecule has 1 aliphatic rings. The minimum absolute atomic E-state index is 0.0262. The van der Waals surface area contributed by atoms with Crippen LogP contribution in [0, 0.1) is 6.92 Å². The number of amides is 2. The Bertz CT molecular complexity index is 796. The summed E-state index contributed by atoms with van der Waals surface area (Å²) in [6.45, 7) is 6.66. The van der Waals surface area contributed by atoms with E-state index in [1.807, 2.05) is 38.1 Å². The molecule has 2 heterocycles. The molecule has 6 heteroatoms. The van der Waals surface area contributed by atoms with Crippen LogP contribution in [0.4, 0.5) is 11.5 Å². The van der Waals surface area contributed by atoms with Gasteiger partial charge >= 0.3 is 11.8 Å². The number of carbonyl (C=O) groups excluding carboxylic acids is 2. The lowest BCUT2D eigenvalue weighted by molar-refractivity contribution is -0.134. The zero-order valence-corrected chi connectivity index (χ0v) is 15.0. The van der Waals surface area contributed by atoms with Gasteiger partial charge in [0.05, 0.1) is 6.20 Å². The van der Waals surface area contributed by atoms with Crippen molar-refractivity contribution in [2.24, 2.45) is 0 Å². The monoisotopic (exact) mass is 340 g/mol. The summed E-state index contributed by atoms with van der Waals surface area (Å²) in [7, 11) is 0. The fraction of sp³-hybridized carbons (Fsp3) is 0.421. The molecular formula is C19H24N4O2. The van der Waals surface area contributed by atoms with Gasteiger partial charge in [0.1, 0.15) is 5.82 Å². The number of fused-ring (bicyclic) bond motifs is 1. The first-order chi connectivity index (χ1) is 12.0. The van der Waals surface area contributed by atoms with E-state index in [0.717, 1.165) is 42.6 Å². The molecule has 1 N–H and O–H groups in total. The number of anilines is 2. The number of hydrogen-bond donors (Lipinski definition) is 1. The standard InChI is InChI=1S/C19H24N4O2/c1-4-5-10-22-17(13(2)12-20-22)21-18(24)19(25)23-14(3)11-15-8-6-7-9-16(15)23/h6-9,12,14H,4-5,10-11H2,1-3H3,(H,21,24)/t14-/m1/s1. The molecule has 6 nitrogen and oxygen atoms in total. The van der Waals surface area contributed by atoms with Crippen molar-refractivity contribution in [2.75, 3.05) is 10.2 Å². The maximum atomic E-state index is 12.8. The van der Waals surface area contributed by atoms with Crippen LogP contribution in [0.5, 0.6) is 0 Å². The van der Waals surface area contributed by atoms with E-state index in [1.54, 1.807) is 15.8 Å². The van der Waals surface area contributed by atoms with Crippen LogP contribution in [-0.4, -0.2) is 27.6 Å². The second kappa shape index (κ2) is 7.09. The van der Waals surface area contributed by atoms with Crippen molar-refractivity contribution in [3.8, 4) is 0 Å². The van der Waals surface area contributed by atoms with Gasteiger partial charge in [0.25, 0.3) is 0 Å². The molecule has 1 atom stereocenters. The number of nitrogens with one attached hydrogen (secondary N) is 1. The van der Waals surface area contributed by atoms with Crippen LogP contribution in [0.15, 0.2) is 30.5 Å². The third kappa shape index (κ3) is 3.29. The third-order valence-corrected chi connectivity index (χ3v) is 4.60. The van der Waals surface area contributed by atoms with E-state index in [9.17, 15) is 9.59 Å². The molecule has 1 aliphatic heterocycles. The van der Waals surface area contributed by atoms with Gasteiger partial charge in [0.2, 0.25) is 0 Å². The summed E-state index contributed by atoms with van der Waals surface area (Å²) in [6.07, 6.45) is 4.48. The molecule has 132 valence electrons. The molecule has 0 unspecified atom stereocenters. The van der Waals surface area contributed by atoms with Gasteiger partial charge in [-0.15, -0.1) is 0 Å². The predicted molar refractivity (Wildman–Crippen MR) is 97.6 cm³/mol. The molecule has 2 aromatic rings. The number of hydrogen-bond acceptors (Lipinski definition) is 3. The summed E-state index contributed by atoms with van der Waals surface area (Å²) < 4.78 is 1.76. The van der Waals surface area contributed by atoms with Gasteiger partial charge in [-0.25, -0.2) is 4.68 Å². The number of aromatic nitrogens is 2. The van der Waals surface area contributed by atoms with E-state index in [2.05, 4.69) is 17.3 Å². The number of para-hydroxylation sites is 1. The van der Waals surface area contributed by atoms with Crippen LogP contribution in [-0.2, 0) is 22.6 Å². The molecule has 0 spiro atoms. The van der Waals surface area contributed by atoms with Gasteiger partial charge in [-0.2, -0.15) is 5.10 Å². The van der Waals surface area contributed by atoms with Crippen molar-refractivity contribution in [3.05, 3.63) is 41.6 Å². The zero-order chi connectivity index (χ0) is 18.0. The lowest BCUT2D eigenvalue weighted by Crippen LogP contribution is -2.43. The third-order valence-electron chi connectivity index (χ3n) is 4.60. The van der Waals surface area contributed by atoms with E-state index in [0.29, 0.717) is 5.82 Å². The van der Waals surface area contributed by atoms with E-state index >= 15 is 0 Å². The quantitative estimate of drug-likeness (QED) is 0.870. The van der Waals surface area contributed by atoms with Crippen LogP contribution in [0.25, 0.3) is 0 Å². The van der Waals surface area contributed by atoms with E-state index in [1.165, 1.54) is 0 Å². The molecule has 0 saturated heterocycles. The molecule has 1 aromatic heterocycles. The van der Waals surface area contributed by atoms with Crippen molar-refractivity contribution in [2.45, 2.75) is 52.6 Å².